The Morgan fingerprint density at radius 2 is 2.19 bits per heavy atom. The molecule has 0 unspecified atom stereocenters. The van der Waals surface area contributed by atoms with E-state index in [1.165, 1.54) is 5.56 Å². The van der Waals surface area contributed by atoms with Gasteiger partial charge in [0.15, 0.2) is 5.82 Å². The second-order valence-electron chi connectivity index (χ2n) is 5.30. The maximum absolute atomic E-state index is 12.2. The van der Waals surface area contributed by atoms with E-state index in [2.05, 4.69) is 15.3 Å². The van der Waals surface area contributed by atoms with E-state index in [1.807, 2.05) is 19.2 Å². The van der Waals surface area contributed by atoms with Crippen molar-refractivity contribution < 1.29 is 9.53 Å². The van der Waals surface area contributed by atoms with Crippen molar-refractivity contribution in [2.24, 2.45) is 13.0 Å². The molecule has 0 radical (unpaired) electrons. The van der Waals surface area contributed by atoms with E-state index in [9.17, 15) is 4.79 Å². The van der Waals surface area contributed by atoms with Gasteiger partial charge in [0.2, 0.25) is 0 Å². The molecule has 110 valence electrons. The predicted molar refractivity (Wildman–Crippen MR) is 76.7 cm³/mol. The van der Waals surface area contributed by atoms with Crippen LogP contribution >= 0.6 is 0 Å². The molecule has 2 aromatic heterocycles. The molecular formula is C15H18N4O2. The van der Waals surface area contributed by atoms with Gasteiger partial charge in [-0.1, -0.05) is 0 Å². The molecular weight excluding hydrogens is 268 g/mol. The number of nitrogens with one attached hydrogen (secondary N) is 1. The van der Waals surface area contributed by atoms with Crippen LogP contribution in [0.4, 0.5) is 0 Å². The number of carbonyl (C=O) groups excluding carboxylic acids is 1. The molecule has 2 aromatic rings. The predicted octanol–water partition coefficient (Wildman–Crippen LogP) is 0.803. The van der Waals surface area contributed by atoms with Crippen LogP contribution in [0.25, 0.3) is 0 Å². The molecule has 0 aromatic carbocycles. The first-order valence-electron chi connectivity index (χ1n) is 6.99. The van der Waals surface area contributed by atoms with Crippen LogP contribution in [0.15, 0.2) is 36.9 Å². The van der Waals surface area contributed by atoms with Gasteiger partial charge in [-0.15, -0.1) is 0 Å². The van der Waals surface area contributed by atoms with E-state index < -0.39 is 0 Å². The lowest BCUT2D eigenvalue weighted by Crippen LogP contribution is -2.41. The molecule has 0 bridgehead atoms. The summed E-state index contributed by atoms with van der Waals surface area (Å²) >= 11 is 0. The van der Waals surface area contributed by atoms with E-state index >= 15 is 0 Å². The van der Waals surface area contributed by atoms with Crippen molar-refractivity contribution in [2.75, 3.05) is 13.2 Å². The third-order valence-electron chi connectivity index (χ3n) is 3.79. The number of hydrogen-bond donors (Lipinski definition) is 1. The van der Waals surface area contributed by atoms with Gasteiger partial charge < -0.3 is 14.6 Å². The van der Waals surface area contributed by atoms with Crippen molar-refractivity contribution in [2.45, 2.75) is 12.5 Å². The largest absolute Gasteiger partial charge is 0.379 e. The first-order valence-corrected chi connectivity index (χ1v) is 6.99. The Kier molecular flexibility index (Phi) is 3.96. The molecule has 21 heavy (non-hydrogen) atoms. The minimum atomic E-state index is -0.155. The number of imidazole rings is 1. The average Bonchev–Trinajstić information content (AvgIpc) is 3.10. The number of nitrogens with zero attached hydrogens (tertiary/aromatic N) is 3. The minimum Gasteiger partial charge on any atom is -0.379 e. The van der Waals surface area contributed by atoms with Gasteiger partial charge in [0.25, 0.3) is 5.91 Å². The Morgan fingerprint density at radius 1 is 1.38 bits per heavy atom. The second kappa shape index (κ2) is 6.05. The molecule has 1 fully saturated rings. The van der Waals surface area contributed by atoms with Gasteiger partial charge in [-0.3, -0.25) is 9.78 Å². The zero-order valence-corrected chi connectivity index (χ0v) is 11.9. The van der Waals surface area contributed by atoms with Gasteiger partial charge in [0.05, 0.1) is 19.3 Å². The molecule has 0 aliphatic carbocycles. The van der Waals surface area contributed by atoms with Crippen LogP contribution in [0, 0.1) is 5.92 Å². The summed E-state index contributed by atoms with van der Waals surface area (Å²) in [5, 5.41) is 3.03. The fourth-order valence-corrected chi connectivity index (χ4v) is 2.60. The van der Waals surface area contributed by atoms with Crippen LogP contribution < -0.4 is 5.32 Å². The third kappa shape index (κ3) is 3.11. The van der Waals surface area contributed by atoms with E-state index in [1.54, 1.807) is 29.4 Å². The fraction of sp³-hybridized carbons (Fsp3) is 0.400. The highest BCUT2D eigenvalue weighted by atomic mass is 16.5. The number of hydrogen-bond acceptors (Lipinski definition) is 4. The quantitative estimate of drug-likeness (QED) is 0.902. The minimum absolute atomic E-state index is 0.0161. The summed E-state index contributed by atoms with van der Waals surface area (Å²) in [4.78, 5) is 20.3. The number of ether oxygens (including phenoxy) is 1. The van der Waals surface area contributed by atoms with Gasteiger partial charge in [-0.2, -0.15) is 0 Å². The van der Waals surface area contributed by atoms with Crippen molar-refractivity contribution >= 4 is 5.91 Å². The monoisotopic (exact) mass is 286 g/mol. The molecule has 1 N–H and O–H groups in total. The lowest BCUT2D eigenvalue weighted by Gasteiger charge is -2.18. The average molecular weight is 286 g/mol. The van der Waals surface area contributed by atoms with E-state index in [-0.39, 0.29) is 17.9 Å². The lowest BCUT2D eigenvalue weighted by molar-refractivity contribution is 0.0911. The Morgan fingerprint density at radius 3 is 2.90 bits per heavy atom. The Hall–Kier alpha value is -2.21. The molecule has 0 saturated carbocycles. The highest BCUT2D eigenvalue weighted by Gasteiger charge is 2.30. The maximum Gasteiger partial charge on any atom is 0.287 e. The summed E-state index contributed by atoms with van der Waals surface area (Å²) in [6, 6.07) is 4.01. The summed E-state index contributed by atoms with van der Waals surface area (Å²) in [5.74, 6) is 0.541. The molecule has 1 aliphatic heterocycles. The third-order valence-corrected chi connectivity index (χ3v) is 3.79. The summed E-state index contributed by atoms with van der Waals surface area (Å²) in [7, 11) is 1.81. The first kappa shape index (κ1) is 13.8. The molecule has 1 aliphatic rings. The van der Waals surface area contributed by atoms with Crippen molar-refractivity contribution in [1.82, 2.24) is 19.9 Å². The number of carbonyl (C=O) groups is 1. The summed E-state index contributed by atoms with van der Waals surface area (Å²) < 4.78 is 7.24. The summed E-state index contributed by atoms with van der Waals surface area (Å²) in [6.07, 6.45) is 7.82. The molecule has 6 heteroatoms. The lowest BCUT2D eigenvalue weighted by atomic mass is 9.95. The van der Waals surface area contributed by atoms with Crippen LogP contribution in [-0.2, 0) is 18.2 Å². The highest BCUT2D eigenvalue weighted by Crippen LogP contribution is 2.19. The smallest absolute Gasteiger partial charge is 0.287 e. The number of aromatic nitrogens is 3. The molecule has 1 saturated heterocycles. The molecule has 3 rings (SSSR count). The number of amides is 1. The van der Waals surface area contributed by atoms with Gasteiger partial charge in [0, 0.05) is 37.8 Å². The van der Waals surface area contributed by atoms with Crippen molar-refractivity contribution in [1.29, 1.82) is 0 Å². The van der Waals surface area contributed by atoms with Gasteiger partial charge in [-0.05, 0) is 24.1 Å². The number of aryl methyl sites for hydroxylation is 1. The second-order valence-corrected chi connectivity index (χ2v) is 5.30. The van der Waals surface area contributed by atoms with Crippen LogP contribution in [0.2, 0.25) is 0 Å². The van der Waals surface area contributed by atoms with E-state index in [0.717, 1.165) is 6.42 Å². The number of rotatable bonds is 4. The number of pyridine rings is 1. The Labute approximate surface area is 123 Å². The molecule has 1 amide bonds. The van der Waals surface area contributed by atoms with Crippen molar-refractivity contribution in [3.63, 3.8) is 0 Å². The SMILES string of the molecule is Cn1ccnc1C(=O)N[C@H]1COC[C@H]1Cc1ccncc1. The molecule has 3 heterocycles. The summed E-state index contributed by atoms with van der Waals surface area (Å²) in [6.45, 7) is 1.21. The normalized spacial score (nSPS) is 21.4. The van der Waals surface area contributed by atoms with Crippen LogP contribution in [0.3, 0.4) is 0 Å². The van der Waals surface area contributed by atoms with Crippen molar-refractivity contribution in [3.8, 4) is 0 Å². The zero-order valence-electron chi connectivity index (χ0n) is 11.9. The fourth-order valence-electron chi connectivity index (χ4n) is 2.60. The van der Waals surface area contributed by atoms with E-state index in [0.29, 0.717) is 19.0 Å². The van der Waals surface area contributed by atoms with Gasteiger partial charge in [0.1, 0.15) is 0 Å². The zero-order chi connectivity index (χ0) is 14.7. The first-order chi connectivity index (χ1) is 10.2. The van der Waals surface area contributed by atoms with Crippen LogP contribution in [0.1, 0.15) is 16.2 Å². The maximum atomic E-state index is 12.2. The topological polar surface area (TPSA) is 69.0 Å². The Balaban J connectivity index is 1.64. The molecule has 6 nitrogen and oxygen atoms in total. The molecule has 2 atom stereocenters. The standard InChI is InChI=1S/C15H18N4O2/c1-19-7-6-17-14(19)15(20)18-13-10-21-9-12(13)8-11-2-4-16-5-3-11/h2-7,12-13H,8-10H2,1H3,(H,18,20)/t12-,13+/m1/s1. The van der Waals surface area contributed by atoms with Crippen molar-refractivity contribution in [3.05, 3.63) is 48.3 Å². The molecule has 0 spiro atoms. The Bertz CT molecular complexity index is 611. The van der Waals surface area contributed by atoms with Crippen LogP contribution in [-0.4, -0.2) is 39.7 Å². The summed E-state index contributed by atoms with van der Waals surface area (Å²) in [5.41, 5.74) is 1.21. The van der Waals surface area contributed by atoms with Crippen LogP contribution in [0.5, 0.6) is 0 Å². The van der Waals surface area contributed by atoms with E-state index in [4.69, 9.17) is 4.74 Å². The highest BCUT2D eigenvalue weighted by molar-refractivity contribution is 5.91. The van der Waals surface area contributed by atoms with Gasteiger partial charge >= 0.3 is 0 Å². The van der Waals surface area contributed by atoms with Gasteiger partial charge in [-0.25, -0.2) is 4.98 Å².